The minimum absolute atomic E-state index is 0.137. The predicted octanol–water partition coefficient (Wildman–Crippen LogP) is 1.47. The van der Waals surface area contributed by atoms with Gasteiger partial charge in [0, 0.05) is 6.92 Å². The zero-order valence-electron chi connectivity index (χ0n) is 9.05. The van der Waals surface area contributed by atoms with E-state index in [0.29, 0.717) is 11.2 Å². The van der Waals surface area contributed by atoms with Crippen LogP contribution in [0.25, 0.3) is 0 Å². The molecule has 0 bridgehead atoms. The SMILES string of the molecule is CC1=[N+]([O-])C(CCc2ccccc2)OC1=O. The summed E-state index contributed by atoms with van der Waals surface area (Å²) < 4.78 is 5.60. The predicted molar refractivity (Wildman–Crippen MR) is 59.0 cm³/mol. The van der Waals surface area contributed by atoms with E-state index in [1.165, 1.54) is 6.92 Å². The highest BCUT2D eigenvalue weighted by molar-refractivity contribution is 6.33. The number of carbonyl (C=O) groups excluding carboxylic acids is 1. The van der Waals surface area contributed by atoms with Crippen LogP contribution in [0.3, 0.4) is 0 Å². The topological polar surface area (TPSA) is 52.4 Å². The Morgan fingerprint density at radius 2 is 2.06 bits per heavy atom. The molecule has 0 radical (unpaired) electrons. The fourth-order valence-electron chi connectivity index (χ4n) is 1.67. The van der Waals surface area contributed by atoms with Crippen molar-refractivity contribution in [2.45, 2.75) is 26.0 Å². The molecule has 0 spiro atoms. The number of esters is 1. The fraction of sp³-hybridized carbons (Fsp3) is 0.333. The van der Waals surface area contributed by atoms with E-state index in [2.05, 4.69) is 0 Å². The maximum absolute atomic E-state index is 11.5. The molecule has 4 heteroatoms. The van der Waals surface area contributed by atoms with Gasteiger partial charge in [-0.3, -0.25) is 0 Å². The van der Waals surface area contributed by atoms with Crippen LogP contribution in [0, 0.1) is 5.21 Å². The number of aryl methyl sites for hydroxylation is 1. The first-order chi connectivity index (χ1) is 7.68. The molecule has 1 atom stereocenters. The number of carbonyl (C=O) groups is 1. The van der Waals surface area contributed by atoms with Crippen LogP contribution in [0.15, 0.2) is 30.3 Å². The summed E-state index contributed by atoms with van der Waals surface area (Å²) in [7, 11) is 0. The quantitative estimate of drug-likeness (QED) is 0.439. The van der Waals surface area contributed by atoms with Gasteiger partial charge in [0.1, 0.15) is 0 Å². The molecule has 0 aromatic heterocycles. The van der Waals surface area contributed by atoms with Gasteiger partial charge in [-0.1, -0.05) is 30.3 Å². The van der Waals surface area contributed by atoms with Crippen LogP contribution < -0.4 is 0 Å². The van der Waals surface area contributed by atoms with Crippen molar-refractivity contribution in [3.8, 4) is 0 Å². The normalized spacial score (nSPS) is 20.1. The zero-order chi connectivity index (χ0) is 11.5. The third-order valence-electron chi connectivity index (χ3n) is 2.65. The molecule has 0 saturated carbocycles. The van der Waals surface area contributed by atoms with E-state index in [0.717, 1.165) is 12.0 Å². The van der Waals surface area contributed by atoms with E-state index in [-0.39, 0.29) is 5.71 Å². The highest BCUT2D eigenvalue weighted by atomic mass is 16.6. The lowest BCUT2D eigenvalue weighted by Gasteiger charge is -2.09. The summed E-state index contributed by atoms with van der Waals surface area (Å²) in [6.45, 7) is 1.48. The molecule has 16 heavy (non-hydrogen) atoms. The lowest BCUT2D eigenvalue weighted by atomic mass is 10.1. The molecule has 1 aromatic carbocycles. The average molecular weight is 219 g/mol. The van der Waals surface area contributed by atoms with Gasteiger partial charge in [0.2, 0.25) is 0 Å². The first-order valence-corrected chi connectivity index (χ1v) is 5.23. The summed E-state index contributed by atoms with van der Waals surface area (Å²) in [6, 6.07) is 9.81. The van der Waals surface area contributed by atoms with Crippen LogP contribution in [-0.4, -0.2) is 22.6 Å². The second-order valence-corrected chi connectivity index (χ2v) is 3.80. The van der Waals surface area contributed by atoms with Gasteiger partial charge in [0.15, 0.2) is 0 Å². The average Bonchev–Trinajstić information content (AvgIpc) is 2.56. The summed E-state index contributed by atoms with van der Waals surface area (Å²) in [6.07, 6.45) is 0.592. The van der Waals surface area contributed by atoms with Gasteiger partial charge in [-0.25, -0.2) is 4.79 Å². The molecule has 1 aromatic rings. The number of cyclic esters (lactones) is 1. The van der Waals surface area contributed by atoms with Crippen molar-refractivity contribution in [3.63, 3.8) is 0 Å². The first kappa shape index (κ1) is 10.7. The molecule has 1 aliphatic rings. The third kappa shape index (κ3) is 2.05. The van der Waals surface area contributed by atoms with Gasteiger partial charge >= 0.3 is 12.2 Å². The molecule has 0 saturated heterocycles. The third-order valence-corrected chi connectivity index (χ3v) is 2.65. The van der Waals surface area contributed by atoms with Crippen LogP contribution in [0.2, 0.25) is 0 Å². The zero-order valence-corrected chi connectivity index (χ0v) is 9.05. The van der Waals surface area contributed by atoms with Gasteiger partial charge < -0.3 is 9.94 Å². The van der Waals surface area contributed by atoms with E-state index < -0.39 is 12.2 Å². The molecule has 0 fully saturated rings. The highest BCUT2D eigenvalue weighted by Crippen LogP contribution is 2.13. The molecular weight excluding hydrogens is 206 g/mol. The molecule has 1 unspecified atom stereocenters. The molecule has 1 aliphatic heterocycles. The second kappa shape index (κ2) is 4.35. The monoisotopic (exact) mass is 219 g/mol. The van der Waals surface area contributed by atoms with Gasteiger partial charge in [0.05, 0.1) is 6.42 Å². The van der Waals surface area contributed by atoms with Crippen molar-refractivity contribution in [1.82, 2.24) is 0 Å². The van der Waals surface area contributed by atoms with Crippen molar-refractivity contribution >= 4 is 11.7 Å². The van der Waals surface area contributed by atoms with Crippen LogP contribution in [-0.2, 0) is 16.0 Å². The number of hydroxylamine groups is 1. The molecule has 4 nitrogen and oxygen atoms in total. The Balaban J connectivity index is 1.96. The minimum atomic E-state index is -0.660. The number of hydrogen-bond acceptors (Lipinski definition) is 3. The van der Waals surface area contributed by atoms with Crippen LogP contribution in [0.5, 0.6) is 0 Å². The van der Waals surface area contributed by atoms with Crippen LogP contribution in [0.1, 0.15) is 18.9 Å². The number of benzene rings is 1. The Bertz CT molecular complexity index is 425. The number of nitrogens with zero attached hydrogens (tertiary/aromatic N) is 1. The van der Waals surface area contributed by atoms with Crippen molar-refractivity contribution in [2.24, 2.45) is 0 Å². The number of rotatable bonds is 3. The van der Waals surface area contributed by atoms with Crippen molar-refractivity contribution in [2.75, 3.05) is 0 Å². The van der Waals surface area contributed by atoms with E-state index >= 15 is 0 Å². The summed E-state index contributed by atoms with van der Waals surface area (Å²) in [4.78, 5) is 11.1. The molecular formula is C12H13NO3. The van der Waals surface area contributed by atoms with Gasteiger partial charge in [-0.15, -0.1) is 0 Å². The molecule has 0 aliphatic carbocycles. The number of hydrogen-bond donors (Lipinski definition) is 0. The number of ether oxygens (including phenoxy) is 1. The molecule has 1 heterocycles. The summed E-state index contributed by atoms with van der Waals surface area (Å²) in [5.74, 6) is -0.506. The van der Waals surface area contributed by atoms with Crippen LogP contribution >= 0.6 is 0 Å². The van der Waals surface area contributed by atoms with Gasteiger partial charge in [0.25, 0.3) is 5.71 Å². The van der Waals surface area contributed by atoms with E-state index in [1.54, 1.807) is 0 Å². The van der Waals surface area contributed by atoms with Crippen molar-refractivity contribution in [3.05, 3.63) is 41.1 Å². The molecule has 0 N–H and O–H groups in total. The Labute approximate surface area is 93.7 Å². The fourth-order valence-corrected chi connectivity index (χ4v) is 1.67. The van der Waals surface area contributed by atoms with Gasteiger partial charge in [-0.05, 0) is 12.0 Å². The second-order valence-electron chi connectivity index (χ2n) is 3.80. The Morgan fingerprint density at radius 1 is 1.38 bits per heavy atom. The maximum Gasteiger partial charge on any atom is 0.404 e. The summed E-state index contributed by atoms with van der Waals surface area (Å²) in [5.41, 5.74) is 1.27. The van der Waals surface area contributed by atoms with Gasteiger partial charge in [-0.2, -0.15) is 4.74 Å². The largest absolute Gasteiger partial charge is 0.621 e. The first-order valence-electron chi connectivity index (χ1n) is 5.23. The summed E-state index contributed by atoms with van der Waals surface area (Å²) in [5, 5.41) is 11.5. The van der Waals surface area contributed by atoms with Crippen molar-refractivity contribution in [1.29, 1.82) is 0 Å². The molecule has 0 amide bonds. The Morgan fingerprint density at radius 3 is 2.62 bits per heavy atom. The van der Waals surface area contributed by atoms with Crippen molar-refractivity contribution < 1.29 is 14.3 Å². The Hall–Kier alpha value is -1.84. The highest BCUT2D eigenvalue weighted by Gasteiger charge is 2.34. The molecule has 84 valence electrons. The maximum atomic E-state index is 11.5. The van der Waals surface area contributed by atoms with E-state index in [1.807, 2.05) is 30.3 Å². The molecule has 2 rings (SSSR count). The van der Waals surface area contributed by atoms with E-state index in [4.69, 9.17) is 4.74 Å². The summed E-state index contributed by atoms with van der Waals surface area (Å²) >= 11 is 0. The smallest absolute Gasteiger partial charge is 0.404 e. The minimum Gasteiger partial charge on any atom is -0.621 e. The van der Waals surface area contributed by atoms with E-state index in [9.17, 15) is 10.0 Å². The lowest BCUT2D eigenvalue weighted by molar-refractivity contribution is -0.535. The standard InChI is InChI=1S/C12H13NO3/c1-9-12(14)16-11(13(9)15)8-7-10-5-3-2-4-6-10/h2-6,11H,7-8H2,1H3. The van der Waals surface area contributed by atoms with Crippen LogP contribution in [0.4, 0.5) is 0 Å². The Kier molecular flexibility index (Phi) is 2.90. The lowest BCUT2D eigenvalue weighted by Crippen LogP contribution is -2.20.